The van der Waals surface area contributed by atoms with Gasteiger partial charge in [0.2, 0.25) is 15.9 Å². The maximum Gasteiger partial charge on any atom is 0.273 e. The van der Waals surface area contributed by atoms with E-state index in [0.29, 0.717) is 37.4 Å². The molecule has 0 unspecified atom stereocenters. The first kappa shape index (κ1) is 25.1. The smallest absolute Gasteiger partial charge is 0.273 e. The van der Waals surface area contributed by atoms with E-state index in [0.717, 1.165) is 11.4 Å². The van der Waals surface area contributed by atoms with Crippen molar-refractivity contribution in [3.63, 3.8) is 0 Å². The number of nitrogens with one attached hydrogen (secondary N) is 1. The number of nitro groups is 1. The van der Waals surface area contributed by atoms with Crippen molar-refractivity contribution in [1.29, 1.82) is 0 Å². The molecule has 3 aromatic rings. The number of carbonyl (C=O) groups excluding carboxylic acids is 1. The van der Waals surface area contributed by atoms with Gasteiger partial charge in [-0.05, 0) is 36.4 Å². The fourth-order valence-corrected chi connectivity index (χ4v) is 5.56. The predicted octanol–water partition coefficient (Wildman–Crippen LogP) is 3.30. The molecular formula is C25H26N4O6S. The molecule has 0 aromatic heterocycles. The summed E-state index contributed by atoms with van der Waals surface area (Å²) in [5.74, 6) is 0.306. The second kappa shape index (κ2) is 10.8. The van der Waals surface area contributed by atoms with Crippen LogP contribution in [0.4, 0.5) is 17.1 Å². The van der Waals surface area contributed by atoms with Crippen LogP contribution in [0.15, 0.2) is 77.7 Å². The molecule has 36 heavy (non-hydrogen) atoms. The van der Waals surface area contributed by atoms with Crippen LogP contribution in [0.3, 0.4) is 0 Å². The topological polar surface area (TPSA) is 122 Å². The molecule has 10 nitrogen and oxygen atoms in total. The summed E-state index contributed by atoms with van der Waals surface area (Å²) in [5.41, 5.74) is 1.50. The molecule has 0 aliphatic carbocycles. The van der Waals surface area contributed by atoms with Crippen molar-refractivity contribution in [2.45, 2.75) is 11.3 Å². The average molecular weight is 511 g/mol. The molecular weight excluding hydrogens is 484 g/mol. The van der Waals surface area contributed by atoms with Crippen LogP contribution in [0.1, 0.15) is 5.56 Å². The number of para-hydroxylation sites is 3. The average Bonchev–Trinajstić information content (AvgIpc) is 2.89. The second-order valence-corrected chi connectivity index (χ2v) is 10.1. The first-order valence-corrected chi connectivity index (χ1v) is 12.7. The molecule has 188 valence electrons. The van der Waals surface area contributed by atoms with Crippen LogP contribution in [0, 0.1) is 10.1 Å². The van der Waals surface area contributed by atoms with E-state index < -0.39 is 20.9 Å². The number of nitro benzene ring substituents is 1. The molecule has 3 aromatic carbocycles. The van der Waals surface area contributed by atoms with Gasteiger partial charge in [-0.1, -0.05) is 30.3 Å². The van der Waals surface area contributed by atoms with E-state index in [1.165, 1.54) is 46.8 Å². The minimum atomic E-state index is -3.70. The van der Waals surface area contributed by atoms with Crippen LogP contribution in [0.5, 0.6) is 5.75 Å². The van der Waals surface area contributed by atoms with E-state index in [2.05, 4.69) is 10.2 Å². The van der Waals surface area contributed by atoms with Gasteiger partial charge in [-0.15, -0.1) is 0 Å². The molecule has 0 spiro atoms. The Morgan fingerprint density at radius 2 is 1.61 bits per heavy atom. The van der Waals surface area contributed by atoms with Gasteiger partial charge in [-0.2, -0.15) is 4.31 Å². The number of piperazine rings is 1. The number of hydrogen-bond donors (Lipinski definition) is 1. The number of hydrogen-bond acceptors (Lipinski definition) is 7. The number of benzene rings is 3. The van der Waals surface area contributed by atoms with Crippen molar-refractivity contribution in [3.05, 3.63) is 88.5 Å². The highest BCUT2D eigenvalue weighted by Gasteiger charge is 2.29. The summed E-state index contributed by atoms with van der Waals surface area (Å²) in [5, 5.41) is 13.8. The zero-order valence-electron chi connectivity index (χ0n) is 19.7. The molecule has 1 saturated heterocycles. The summed E-state index contributed by atoms with van der Waals surface area (Å²) in [6, 6.07) is 19.6. The molecule has 1 aliphatic rings. The van der Waals surface area contributed by atoms with E-state index in [-0.39, 0.29) is 17.0 Å². The van der Waals surface area contributed by atoms with Crippen molar-refractivity contribution in [1.82, 2.24) is 4.31 Å². The van der Waals surface area contributed by atoms with Gasteiger partial charge in [-0.3, -0.25) is 14.9 Å². The number of ether oxygens (including phenoxy) is 1. The summed E-state index contributed by atoms with van der Waals surface area (Å²) in [6.07, 6.45) is -0.173. The van der Waals surface area contributed by atoms with Crippen molar-refractivity contribution in [2.75, 3.05) is 43.5 Å². The molecule has 0 saturated carbocycles. The third-order valence-corrected chi connectivity index (χ3v) is 7.89. The number of amides is 1. The zero-order chi connectivity index (χ0) is 25.7. The minimum Gasteiger partial charge on any atom is -0.495 e. The summed E-state index contributed by atoms with van der Waals surface area (Å²) in [4.78, 5) is 25.3. The molecule has 1 heterocycles. The van der Waals surface area contributed by atoms with Crippen molar-refractivity contribution in [2.24, 2.45) is 0 Å². The predicted molar refractivity (Wildman–Crippen MR) is 136 cm³/mol. The summed E-state index contributed by atoms with van der Waals surface area (Å²) in [6.45, 7) is 1.71. The lowest BCUT2D eigenvalue weighted by atomic mass is 10.1. The molecule has 0 bridgehead atoms. The van der Waals surface area contributed by atoms with Gasteiger partial charge >= 0.3 is 0 Å². The number of carbonyl (C=O) groups is 1. The van der Waals surface area contributed by atoms with Gasteiger partial charge in [0.1, 0.15) is 5.75 Å². The van der Waals surface area contributed by atoms with Gasteiger partial charge in [-0.25, -0.2) is 8.42 Å². The number of anilines is 2. The van der Waals surface area contributed by atoms with Gasteiger partial charge in [0.15, 0.2) is 0 Å². The number of rotatable bonds is 8. The lowest BCUT2D eigenvalue weighted by Gasteiger charge is -2.35. The lowest BCUT2D eigenvalue weighted by molar-refractivity contribution is -0.385. The fourth-order valence-electron chi connectivity index (χ4n) is 4.14. The largest absolute Gasteiger partial charge is 0.495 e. The quantitative estimate of drug-likeness (QED) is 0.364. The Labute approximate surface area is 209 Å². The van der Waals surface area contributed by atoms with Gasteiger partial charge in [0.05, 0.1) is 29.0 Å². The molecule has 0 radical (unpaired) electrons. The first-order valence-electron chi connectivity index (χ1n) is 11.3. The molecule has 11 heteroatoms. The Morgan fingerprint density at radius 3 is 2.28 bits per heavy atom. The van der Waals surface area contributed by atoms with Gasteiger partial charge in [0, 0.05) is 43.5 Å². The van der Waals surface area contributed by atoms with Crippen molar-refractivity contribution < 1.29 is 22.9 Å². The fraction of sp³-hybridized carbons (Fsp3) is 0.240. The van der Waals surface area contributed by atoms with Crippen molar-refractivity contribution in [3.8, 4) is 5.75 Å². The van der Waals surface area contributed by atoms with Crippen LogP contribution < -0.4 is 15.0 Å². The van der Waals surface area contributed by atoms with E-state index >= 15 is 0 Å². The Hall–Kier alpha value is -3.96. The molecule has 0 atom stereocenters. The van der Waals surface area contributed by atoms with Gasteiger partial charge < -0.3 is 15.0 Å². The van der Waals surface area contributed by atoms with Crippen LogP contribution in [-0.2, 0) is 21.2 Å². The monoisotopic (exact) mass is 510 g/mol. The zero-order valence-corrected chi connectivity index (χ0v) is 20.5. The van der Waals surface area contributed by atoms with Crippen LogP contribution in [0.25, 0.3) is 0 Å². The number of sulfonamides is 1. The molecule has 1 amide bonds. The van der Waals surface area contributed by atoms with Crippen LogP contribution >= 0.6 is 0 Å². The molecule has 1 N–H and O–H groups in total. The Morgan fingerprint density at radius 1 is 0.972 bits per heavy atom. The number of nitrogens with zero attached hydrogens (tertiary/aromatic N) is 3. The maximum absolute atomic E-state index is 13.2. The van der Waals surface area contributed by atoms with Crippen LogP contribution in [0.2, 0.25) is 0 Å². The van der Waals surface area contributed by atoms with E-state index in [1.807, 2.05) is 24.3 Å². The highest BCUT2D eigenvalue weighted by atomic mass is 32.2. The third kappa shape index (κ3) is 5.47. The highest BCUT2D eigenvalue weighted by molar-refractivity contribution is 7.89. The minimum absolute atomic E-state index is 0.125. The van der Waals surface area contributed by atoms with Crippen molar-refractivity contribution >= 4 is 33.0 Å². The standard InChI is InChI=1S/C25H26N4O6S/c1-35-24-9-5-4-8-23(24)27-14-16-28(17-15-27)36(33,34)21-12-10-20(11-13-21)26-25(30)18-19-6-2-3-7-22(19)29(31)32/h2-13H,14-18H2,1H3,(H,26,30). The normalized spacial score (nSPS) is 14.3. The molecule has 4 rings (SSSR count). The SMILES string of the molecule is COc1ccccc1N1CCN(S(=O)(=O)c2ccc(NC(=O)Cc3ccccc3[N+](=O)[O-])cc2)CC1. The highest BCUT2D eigenvalue weighted by Crippen LogP contribution is 2.29. The van der Waals surface area contributed by atoms with Crippen LogP contribution in [-0.4, -0.2) is 56.8 Å². The first-order chi connectivity index (χ1) is 17.3. The summed E-state index contributed by atoms with van der Waals surface area (Å²) < 4.78 is 33.2. The lowest BCUT2D eigenvalue weighted by Crippen LogP contribution is -2.48. The molecule has 1 aliphatic heterocycles. The summed E-state index contributed by atoms with van der Waals surface area (Å²) in [7, 11) is -2.10. The van der Waals surface area contributed by atoms with E-state index in [4.69, 9.17) is 4.74 Å². The third-order valence-electron chi connectivity index (χ3n) is 5.98. The second-order valence-electron chi connectivity index (χ2n) is 8.20. The Balaban J connectivity index is 1.38. The molecule has 1 fully saturated rings. The van der Waals surface area contributed by atoms with E-state index in [9.17, 15) is 23.3 Å². The van der Waals surface area contributed by atoms with Gasteiger partial charge in [0.25, 0.3) is 5.69 Å². The summed E-state index contributed by atoms with van der Waals surface area (Å²) >= 11 is 0. The number of methoxy groups -OCH3 is 1. The Kier molecular flexibility index (Phi) is 7.51. The maximum atomic E-state index is 13.2. The Bertz CT molecular complexity index is 1350. The van der Waals surface area contributed by atoms with E-state index in [1.54, 1.807) is 13.2 Å².